The Kier molecular flexibility index (Phi) is 5.73. The molecule has 2 aromatic carbocycles. The van der Waals surface area contributed by atoms with Gasteiger partial charge in [-0.15, -0.1) is 11.8 Å². The summed E-state index contributed by atoms with van der Waals surface area (Å²) >= 11 is 3.30. The van der Waals surface area contributed by atoms with E-state index in [2.05, 4.69) is 12.0 Å². The molecule has 0 radical (unpaired) electrons. The van der Waals surface area contributed by atoms with Crippen LogP contribution in [-0.4, -0.2) is 33.0 Å². The van der Waals surface area contributed by atoms with E-state index < -0.39 is 0 Å². The predicted molar refractivity (Wildman–Crippen MR) is 116 cm³/mol. The van der Waals surface area contributed by atoms with Crippen LogP contribution in [0.4, 0.5) is 5.13 Å². The lowest BCUT2D eigenvalue weighted by atomic mass is 10.2. The molecule has 0 saturated heterocycles. The van der Waals surface area contributed by atoms with Crippen molar-refractivity contribution < 1.29 is 4.79 Å². The molecule has 0 aliphatic carbocycles. The Hall–Kier alpha value is -2.64. The number of hydrogen-bond acceptors (Lipinski definition) is 5. The van der Waals surface area contributed by atoms with Gasteiger partial charge in [0.15, 0.2) is 5.13 Å². The summed E-state index contributed by atoms with van der Waals surface area (Å²) in [7, 11) is 0. The molecule has 0 N–H and O–H groups in total. The summed E-state index contributed by atoms with van der Waals surface area (Å²) in [6.45, 7) is 3.23. The third-order valence-corrected chi connectivity index (χ3v) is 6.24. The molecule has 28 heavy (non-hydrogen) atoms. The predicted octanol–water partition coefficient (Wildman–Crippen LogP) is 4.95. The van der Waals surface area contributed by atoms with Gasteiger partial charge in [-0.05, 0) is 48.2 Å². The van der Waals surface area contributed by atoms with Gasteiger partial charge in [0.2, 0.25) is 0 Å². The maximum atomic E-state index is 13.3. The zero-order valence-corrected chi connectivity index (χ0v) is 17.1. The van der Waals surface area contributed by atoms with Crippen LogP contribution in [0.2, 0.25) is 0 Å². The van der Waals surface area contributed by atoms with Crippen LogP contribution in [0, 0.1) is 0 Å². The van der Waals surface area contributed by atoms with Gasteiger partial charge in [-0.3, -0.25) is 14.4 Å². The number of thioether (sulfide) groups is 1. The van der Waals surface area contributed by atoms with Crippen molar-refractivity contribution in [3.8, 4) is 0 Å². The molecule has 0 unspecified atom stereocenters. The van der Waals surface area contributed by atoms with E-state index >= 15 is 0 Å². The summed E-state index contributed by atoms with van der Waals surface area (Å²) in [4.78, 5) is 20.9. The Morgan fingerprint density at radius 3 is 2.68 bits per heavy atom. The maximum Gasteiger partial charge on any atom is 0.260 e. The molecule has 0 aliphatic rings. The Morgan fingerprint density at radius 1 is 1.14 bits per heavy atom. The Labute approximate surface area is 172 Å². The van der Waals surface area contributed by atoms with E-state index in [0.717, 1.165) is 16.0 Å². The van der Waals surface area contributed by atoms with Crippen LogP contribution in [0.5, 0.6) is 0 Å². The van der Waals surface area contributed by atoms with Crippen LogP contribution < -0.4 is 4.90 Å². The first-order valence-corrected chi connectivity index (χ1v) is 10.9. The number of amides is 1. The number of benzene rings is 2. The number of fused-ring (bicyclic) bond motifs is 1. The SMILES string of the molecule is CCSc1ccc(C(=O)N(CCn2cccn2)c2nc3ccccc3s2)cc1. The number of aromatic nitrogens is 3. The van der Waals surface area contributed by atoms with E-state index in [0.29, 0.717) is 23.8 Å². The number of thiazole rings is 1. The molecule has 0 spiro atoms. The van der Waals surface area contributed by atoms with E-state index in [9.17, 15) is 4.79 Å². The number of rotatable bonds is 7. The van der Waals surface area contributed by atoms with Crippen LogP contribution in [0.1, 0.15) is 17.3 Å². The van der Waals surface area contributed by atoms with Gasteiger partial charge in [0.1, 0.15) is 0 Å². The summed E-state index contributed by atoms with van der Waals surface area (Å²) in [6.07, 6.45) is 3.64. The van der Waals surface area contributed by atoms with E-state index in [1.165, 1.54) is 16.2 Å². The minimum Gasteiger partial charge on any atom is -0.282 e. The monoisotopic (exact) mass is 408 g/mol. The molecule has 2 aromatic heterocycles. The fraction of sp³-hybridized carbons (Fsp3) is 0.190. The third-order valence-electron chi connectivity index (χ3n) is 4.28. The molecule has 0 bridgehead atoms. The highest BCUT2D eigenvalue weighted by Gasteiger charge is 2.21. The lowest BCUT2D eigenvalue weighted by Gasteiger charge is -2.20. The van der Waals surface area contributed by atoms with E-state index in [1.54, 1.807) is 22.9 Å². The molecule has 0 atom stereocenters. The van der Waals surface area contributed by atoms with Crippen molar-refractivity contribution in [2.24, 2.45) is 0 Å². The first kappa shape index (κ1) is 18.7. The minimum atomic E-state index is -0.0424. The topological polar surface area (TPSA) is 51.0 Å². The number of carbonyl (C=O) groups excluding carboxylic acids is 1. The summed E-state index contributed by atoms with van der Waals surface area (Å²) in [5.74, 6) is 0.967. The smallest absolute Gasteiger partial charge is 0.260 e. The fourth-order valence-electron chi connectivity index (χ4n) is 2.91. The molecule has 4 aromatic rings. The minimum absolute atomic E-state index is 0.0424. The van der Waals surface area contributed by atoms with E-state index in [4.69, 9.17) is 4.98 Å². The molecule has 1 amide bonds. The second-order valence-electron chi connectivity index (χ2n) is 6.15. The van der Waals surface area contributed by atoms with Gasteiger partial charge in [0.25, 0.3) is 5.91 Å². The molecule has 7 heteroatoms. The lowest BCUT2D eigenvalue weighted by Crippen LogP contribution is -2.34. The van der Waals surface area contributed by atoms with Crippen LogP contribution in [-0.2, 0) is 6.54 Å². The van der Waals surface area contributed by atoms with Crippen molar-refractivity contribution in [1.29, 1.82) is 0 Å². The van der Waals surface area contributed by atoms with Crippen molar-refractivity contribution in [1.82, 2.24) is 14.8 Å². The summed E-state index contributed by atoms with van der Waals surface area (Å²) in [5.41, 5.74) is 1.58. The Balaban J connectivity index is 1.63. The zero-order chi connectivity index (χ0) is 19.3. The Morgan fingerprint density at radius 2 is 1.96 bits per heavy atom. The number of nitrogens with zero attached hydrogens (tertiary/aromatic N) is 4. The fourth-order valence-corrected chi connectivity index (χ4v) is 4.56. The van der Waals surface area contributed by atoms with Crippen LogP contribution in [0.15, 0.2) is 71.9 Å². The number of para-hydroxylation sites is 1. The van der Waals surface area contributed by atoms with Gasteiger partial charge < -0.3 is 0 Å². The highest BCUT2D eigenvalue weighted by Crippen LogP contribution is 2.30. The number of hydrogen-bond donors (Lipinski definition) is 0. The molecule has 4 rings (SSSR count). The Bertz CT molecular complexity index is 1020. The van der Waals surface area contributed by atoms with Crippen molar-refractivity contribution in [2.75, 3.05) is 17.2 Å². The van der Waals surface area contributed by atoms with Crippen LogP contribution >= 0.6 is 23.1 Å². The molecule has 142 valence electrons. The first-order chi connectivity index (χ1) is 13.7. The molecular formula is C21H20N4OS2. The number of anilines is 1. The van der Waals surface area contributed by atoms with Crippen molar-refractivity contribution in [3.63, 3.8) is 0 Å². The van der Waals surface area contributed by atoms with Crippen LogP contribution in [0.3, 0.4) is 0 Å². The zero-order valence-electron chi connectivity index (χ0n) is 15.5. The van der Waals surface area contributed by atoms with E-state index in [-0.39, 0.29) is 5.91 Å². The third kappa shape index (κ3) is 4.10. The van der Waals surface area contributed by atoms with Gasteiger partial charge in [-0.2, -0.15) is 5.10 Å². The quantitative estimate of drug-likeness (QED) is 0.406. The molecule has 5 nitrogen and oxygen atoms in total. The highest BCUT2D eigenvalue weighted by atomic mass is 32.2. The first-order valence-electron chi connectivity index (χ1n) is 9.12. The normalized spacial score (nSPS) is 11.0. The number of carbonyl (C=O) groups is 1. The lowest BCUT2D eigenvalue weighted by molar-refractivity contribution is 0.0985. The highest BCUT2D eigenvalue weighted by molar-refractivity contribution is 7.99. The molecule has 0 fully saturated rings. The second kappa shape index (κ2) is 8.58. The average Bonchev–Trinajstić information content (AvgIpc) is 3.38. The summed E-state index contributed by atoms with van der Waals surface area (Å²) < 4.78 is 2.90. The molecule has 2 heterocycles. The van der Waals surface area contributed by atoms with Gasteiger partial charge >= 0.3 is 0 Å². The molecule has 0 saturated carbocycles. The van der Waals surface area contributed by atoms with Crippen LogP contribution in [0.25, 0.3) is 10.2 Å². The van der Waals surface area contributed by atoms with Gasteiger partial charge in [-0.25, -0.2) is 4.98 Å². The largest absolute Gasteiger partial charge is 0.282 e. The molecule has 0 aliphatic heterocycles. The summed E-state index contributed by atoms with van der Waals surface area (Å²) in [5, 5.41) is 4.96. The van der Waals surface area contributed by atoms with E-state index in [1.807, 2.05) is 65.5 Å². The summed E-state index contributed by atoms with van der Waals surface area (Å²) in [6, 6.07) is 17.6. The second-order valence-corrected chi connectivity index (χ2v) is 8.49. The van der Waals surface area contributed by atoms with Crippen molar-refractivity contribution in [3.05, 3.63) is 72.6 Å². The maximum absolute atomic E-state index is 13.3. The van der Waals surface area contributed by atoms with Gasteiger partial charge in [0, 0.05) is 29.4 Å². The van der Waals surface area contributed by atoms with Crippen molar-refractivity contribution in [2.45, 2.75) is 18.4 Å². The standard InChI is InChI=1S/C21H20N4OS2/c1-2-27-17-10-8-16(9-11-17)20(26)25(15-14-24-13-5-12-22-24)21-23-18-6-3-4-7-19(18)28-21/h3-13H,2,14-15H2,1H3. The van der Waals surface area contributed by atoms with Crippen molar-refractivity contribution >= 4 is 44.4 Å². The molecular weight excluding hydrogens is 388 g/mol. The average molecular weight is 409 g/mol. The van der Waals surface area contributed by atoms with Gasteiger partial charge in [0.05, 0.1) is 16.8 Å². The van der Waals surface area contributed by atoms with Gasteiger partial charge in [-0.1, -0.05) is 30.4 Å².